The number of primary amides is 1. The molecular weight excluding hydrogens is 1530 g/mol. The van der Waals surface area contributed by atoms with Crippen molar-refractivity contribution in [1.82, 2.24) is 59.8 Å². The quantitative estimate of drug-likeness (QED) is 0.0685. The number of hydrogen-bond acceptors (Lipinski definition) is 10. The Kier molecular flexibility index (Phi) is 23.4. The van der Waals surface area contributed by atoms with Crippen LogP contribution in [0.5, 0.6) is 0 Å². The van der Waals surface area contributed by atoms with Crippen molar-refractivity contribution in [1.29, 1.82) is 5.26 Å². The molecule has 0 radical (unpaired) electrons. The number of hydrogen-bond donors (Lipinski definition) is 5. The van der Waals surface area contributed by atoms with Gasteiger partial charge in [0.25, 0.3) is 0 Å². The number of fused-ring (bicyclic) bond motifs is 8. The number of nitrogens with zero attached hydrogens (tertiary/aromatic N) is 9. The maximum absolute atomic E-state index is 13.9. The van der Waals surface area contributed by atoms with Crippen molar-refractivity contribution >= 4 is 93.7 Å². The van der Waals surface area contributed by atoms with E-state index in [1.165, 1.54) is 64.7 Å². The molecule has 8 aromatic heterocycles. The van der Waals surface area contributed by atoms with Crippen LogP contribution >= 0.6 is 0 Å². The van der Waals surface area contributed by atoms with Gasteiger partial charge in [0, 0.05) is 87.2 Å². The Balaban J connectivity index is 0.000000115. The van der Waals surface area contributed by atoms with Crippen molar-refractivity contribution in [3.8, 4) is 6.07 Å². The molecule has 15 nitrogen and oxygen atoms in total. The van der Waals surface area contributed by atoms with E-state index in [9.17, 15) is 35.5 Å². The van der Waals surface area contributed by atoms with E-state index in [1.54, 1.807) is 79.9 Å². The number of H-pyrrole nitrogens is 4. The molecule has 4 aliphatic carbocycles. The van der Waals surface area contributed by atoms with Crippen molar-refractivity contribution in [2.75, 3.05) is 0 Å². The smallest absolute Gasteiger partial charge is 0.248 e. The molecule has 0 bridgehead atoms. The number of pyridine rings is 4. The van der Waals surface area contributed by atoms with E-state index in [4.69, 9.17) is 21.0 Å². The first-order chi connectivity index (χ1) is 58.6. The van der Waals surface area contributed by atoms with E-state index in [0.717, 1.165) is 203 Å². The number of aryl methyl sites for hydroxylation is 1. The van der Waals surface area contributed by atoms with Crippen LogP contribution in [0.1, 0.15) is 245 Å². The molecule has 0 unspecified atom stereocenters. The highest BCUT2D eigenvalue weighted by molar-refractivity contribution is 5.96. The van der Waals surface area contributed by atoms with Gasteiger partial charge in [-0.1, -0.05) is 27.7 Å². The van der Waals surface area contributed by atoms with Crippen LogP contribution in [-0.2, 0) is 0 Å². The van der Waals surface area contributed by atoms with Crippen LogP contribution in [0, 0.1) is 82.6 Å². The van der Waals surface area contributed by atoms with E-state index in [1.807, 2.05) is 61.1 Å². The number of nitriles is 1. The molecule has 4 saturated carbocycles. The zero-order valence-electron chi connectivity index (χ0n) is 68.2. The summed E-state index contributed by atoms with van der Waals surface area (Å²) in [4.78, 5) is 61.1. The van der Waals surface area contributed by atoms with Crippen LogP contribution in [0.3, 0.4) is 0 Å². The predicted molar refractivity (Wildman–Crippen MR) is 461 cm³/mol. The van der Waals surface area contributed by atoms with Gasteiger partial charge in [0.05, 0.1) is 77.8 Å². The van der Waals surface area contributed by atoms with Crippen molar-refractivity contribution in [2.45, 2.75) is 185 Å². The van der Waals surface area contributed by atoms with Crippen molar-refractivity contribution in [3.05, 3.63) is 285 Å². The molecule has 121 heavy (non-hydrogen) atoms. The molecule has 22 heteroatoms. The number of aromatic amines is 4. The number of nitrogens with one attached hydrogen (secondary N) is 4. The Morgan fingerprint density at radius 2 is 0.661 bits per heavy atom. The number of rotatable bonds is 13. The normalized spacial score (nSPS) is 20.5. The molecule has 1 amide bonds. The second-order valence-electron chi connectivity index (χ2n) is 34.1. The molecule has 0 saturated heterocycles. The van der Waals surface area contributed by atoms with Gasteiger partial charge in [0.15, 0.2) is 11.6 Å². The summed E-state index contributed by atoms with van der Waals surface area (Å²) in [5.74, 6) is 5.19. The third-order valence-electron chi connectivity index (χ3n) is 27.1. The lowest BCUT2D eigenvalue weighted by Crippen LogP contribution is -2.19. The van der Waals surface area contributed by atoms with Gasteiger partial charge in [-0.2, -0.15) is 5.26 Å². The summed E-state index contributed by atoms with van der Waals surface area (Å²) in [6.45, 7) is 10.3. The van der Waals surface area contributed by atoms with E-state index >= 15 is 0 Å². The molecule has 8 heterocycles. The molecule has 4 atom stereocenters. The average Bonchev–Trinajstić information content (AvgIpc) is 1.57. The maximum atomic E-state index is 13.9. The first kappa shape index (κ1) is 81.1. The van der Waals surface area contributed by atoms with Crippen molar-refractivity contribution < 1.29 is 35.5 Å². The minimum Gasteiger partial charge on any atom is -0.366 e. The molecule has 0 aliphatic heterocycles. The van der Waals surface area contributed by atoms with Gasteiger partial charge in [-0.05, 0) is 331 Å². The van der Waals surface area contributed by atoms with Gasteiger partial charge < -0.3 is 25.7 Å². The number of amides is 1. The molecule has 16 aromatic rings. The van der Waals surface area contributed by atoms with Gasteiger partial charge in [-0.25, -0.2) is 50.7 Å². The number of carbonyl (C=O) groups excluding carboxylic acids is 1. The Bertz CT molecular complexity index is 6560. The lowest BCUT2D eigenvalue weighted by molar-refractivity contribution is 0.1000. The van der Waals surface area contributed by atoms with Crippen LogP contribution < -0.4 is 5.73 Å². The highest BCUT2D eigenvalue weighted by atomic mass is 19.2. The Morgan fingerprint density at radius 1 is 0.364 bits per heavy atom. The first-order valence-electron chi connectivity index (χ1n) is 42.5. The Morgan fingerprint density at radius 3 is 1.01 bits per heavy atom. The number of imidazole rings is 4. The van der Waals surface area contributed by atoms with Crippen LogP contribution in [0.4, 0.5) is 30.7 Å². The fourth-order valence-corrected chi connectivity index (χ4v) is 20.0. The summed E-state index contributed by atoms with van der Waals surface area (Å²) in [6.07, 6.45) is 24.4. The second kappa shape index (κ2) is 34.8. The number of aromatic nitrogens is 12. The maximum Gasteiger partial charge on any atom is 0.248 e. The van der Waals surface area contributed by atoms with Gasteiger partial charge in [-0.3, -0.25) is 24.7 Å². The van der Waals surface area contributed by atoms with E-state index in [0.29, 0.717) is 75.4 Å². The SMILES string of the molecule is C[C@@H](c1nc2ccc(C#N)cc2[nH]1)C1CCC(c2ccnc3ccc(F)cc23)CC1.C[C@@H](c1nc2ccc(C(N)=O)cc2[nH]1)C1CCC(c2ccnc3ccc(F)cc23)CC1.C[C@@H](c1nc2ccc(F)cc2[nH]1)C1CCC(c2ccnc3ccc(F)cc23)CC1.Cc1c(F)c(F)cc2[nH]c([C@H](C)C3CCC(c4ccnc5ccc(F)cc45)CC3)nc12. The van der Waals surface area contributed by atoms with Crippen LogP contribution in [0.2, 0.25) is 0 Å². The largest absolute Gasteiger partial charge is 0.366 e. The van der Waals surface area contributed by atoms with Gasteiger partial charge in [0.1, 0.15) is 52.4 Å². The van der Waals surface area contributed by atoms with Crippen LogP contribution in [-0.4, -0.2) is 65.7 Å². The minimum absolute atomic E-state index is 0.158. The monoisotopic (exact) mass is 1630 g/mol. The van der Waals surface area contributed by atoms with Crippen LogP contribution in [0.15, 0.2) is 183 Å². The summed E-state index contributed by atoms with van der Waals surface area (Å²) in [5, 5.41) is 12.8. The summed E-state index contributed by atoms with van der Waals surface area (Å²) < 4.78 is 96.4. The average molecular weight is 1630 g/mol. The molecule has 4 fully saturated rings. The summed E-state index contributed by atoms with van der Waals surface area (Å²) >= 11 is 0. The molecule has 616 valence electrons. The molecule has 0 spiro atoms. The summed E-state index contributed by atoms with van der Waals surface area (Å²) in [6, 6.07) is 46.4. The van der Waals surface area contributed by atoms with E-state index in [-0.39, 0.29) is 52.4 Å². The minimum atomic E-state index is -0.852. The highest BCUT2D eigenvalue weighted by Gasteiger charge is 2.35. The van der Waals surface area contributed by atoms with Crippen LogP contribution in [0.25, 0.3) is 87.7 Å². The fraction of sp³-hybridized carbons (Fsp3) is 0.333. The van der Waals surface area contributed by atoms with Crippen molar-refractivity contribution in [2.24, 2.45) is 29.4 Å². The van der Waals surface area contributed by atoms with Crippen molar-refractivity contribution in [3.63, 3.8) is 0 Å². The summed E-state index contributed by atoms with van der Waals surface area (Å²) in [7, 11) is 0. The summed E-state index contributed by atoms with van der Waals surface area (Å²) in [5.41, 5.74) is 21.1. The second-order valence-corrected chi connectivity index (χ2v) is 34.1. The number of carbonyl (C=O) groups is 1. The molecular formula is C99H95F7N14O. The predicted octanol–water partition coefficient (Wildman–Crippen LogP) is 25.0. The zero-order chi connectivity index (χ0) is 83.9. The Hall–Kier alpha value is -12.3. The van der Waals surface area contributed by atoms with Gasteiger partial charge in [0.2, 0.25) is 5.91 Å². The lowest BCUT2D eigenvalue weighted by atomic mass is 9.73. The molecule has 8 aromatic carbocycles. The van der Waals surface area contributed by atoms with E-state index in [2.05, 4.69) is 89.7 Å². The Labute approximate surface area is 696 Å². The molecule has 4 aliphatic rings. The topological polar surface area (TPSA) is 233 Å². The first-order valence-corrected chi connectivity index (χ1v) is 42.5. The molecule has 20 rings (SSSR count). The van der Waals surface area contributed by atoms with Gasteiger partial charge in [-0.15, -0.1) is 0 Å². The third kappa shape index (κ3) is 17.2. The number of halogens is 7. The third-order valence-corrected chi connectivity index (χ3v) is 27.1. The van der Waals surface area contributed by atoms with Gasteiger partial charge >= 0.3 is 0 Å². The number of benzene rings is 8. The van der Waals surface area contributed by atoms with E-state index < -0.39 is 17.5 Å². The fourth-order valence-electron chi connectivity index (χ4n) is 20.0. The standard InChI is InChI=1S/C25H24F3N3.C25H25FN4O.C25H23FN4.C24H23F2N3/c1-13(25-30-22-12-20(27)23(28)14(2)24(22)31-25)15-3-5-16(6-4-15)18-9-10-29-21-8-7-17(26)11-19(18)21;1-14(25-29-22-8-6-17(24(27)31)12-23(22)30-25)15-2-4-16(5-3-15)19-10-11-28-21-9-7-18(26)13-20(19)21;1-15(25-29-23-8-2-16(14-27)12-24(23)30-25)17-3-5-18(6-4-17)20-10-11-28-22-9-7-19(26)13-21(20)22;1-14(24-28-22-9-7-18(26)13-23(22)29-24)15-2-4-16(5-3-15)19-10-11-27-21-8-6-17(25)12-20(19)21/h7-13,15-16H,3-6H2,1-2H3,(H,30,31);6-16H,2-5H2,1H3,(H2,27,31)(H,29,30);2,7-13,15,17-18H,3-6H2,1H3,(H,29,30);6-16H,2-5H2,1H3,(H,28,29)/t13-,15?,16?;14-,15?,16?;15-,17?,18?;14-,15?,16?/m1111/s1. The molecule has 6 N–H and O–H groups in total. The zero-order valence-corrected chi connectivity index (χ0v) is 68.2. The number of nitrogens with two attached hydrogens (primary N) is 1. The lowest BCUT2D eigenvalue weighted by Gasteiger charge is -2.32. The highest BCUT2D eigenvalue weighted by Crippen LogP contribution is 2.48.